The van der Waals surface area contributed by atoms with Gasteiger partial charge in [-0.2, -0.15) is 0 Å². The number of hydrogen-bond acceptors (Lipinski definition) is 2. The Kier molecular flexibility index (Phi) is 2.43. The van der Waals surface area contributed by atoms with Gasteiger partial charge in [-0.15, -0.1) is 0 Å². The predicted octanol–water partition coefficient (Wildman–Crippen LogP) is 1.89. The quantitative estimate of drug-likeness (QED) is 0.822. The van der Waals surface area contributed by atoms with Gasteiger partial charge in [0.1, 0.15) is 0 Å². The average Bonchev–Trinajstić information content (AvgIpc) is 2.79. The molecule has 2 aliphatic rings. The molecular formula is C12H15ClN2. The van der Waals surface area contributed by atoms with E-state index in [9.17, 15) is 0 Å². The lowest BCUT2D eigenvalue weighted by Crippen LogP contribution is -2.42. The van der Waals surface area contributed by atoms with Crippen molar-refractivity contribution >= 4 is 11.6 Å². The summed E-state index contributed by atoms with van der Waals surface area (Å²) in [5, 5.41) is 4.36. The zero-order valence-electron chi connectivity index (χ0n) is 8.62. The molecule has 3 rings (SSSR count). The van der Waals surface area contributed by atoms with E-state index in [1.807, 2.05) is 12.1 Å². The van der Waals surface area contributed by atoms with Crippen LogP contribution in [0.1, 0.15) is 12.0 Å². The second-order valence-electron chi connectivity index (χ2n) is 4.55. The molecule has 0 saturated carbocycles. The van der Waals surface area contributed by atoms with Gasteiger partial charge in [0.15, 0.2) is 0 Å². The van der Waals surface area contributed by atoms with Crippen molar-refractivity contribution in [1.82, 2.24) is 10.2 Å². The van der Waals surface area contributed by atoms with Crippen LogP contribution in [0, 0.1) is 0 Å². The standard InChI is InChI=1S/C12H15ClN2/c13-10-3-1-2-9(4-10)7-15-8-11-5-12(15)6-14-11/h1-4,11-12,14H,5-8H2/t11-,12+/m1/s1. The third-order valence-electron chi connectivity index (χ3n) is 3.44. The Morgan fingerprint density at radius 2 is 2.40 bits per heavy atom. The summed E-state index contributed by atoms with van der Waals surface area (Å²) < 4.78 is 0. The van der Waals surface area contributed by atoms with E-state index in [1.165, 1.54) is 18.5 Å². The minimum absolute atomic E-state index is 0.731. The van der Waals surface area contributed by atoms with Crippen molar-refractivity contribution in [3.8, 4) is 0 Å². The van der Waals surface area contributed by atoms with E-state index in [0.29, 0.717) is 0 Å². The number of piperazine rings is 1. The molecule has 0 unspecified atom stereocenters. The Bertz CT molecular complexity index is 366. The molecular weight excluding hydrogens is 208 g/mol. The van der Waals surface area contributed by atoms with E-state index in [-0.39, 0.29) is 0 Å². The van der Waals surface area contributed by atoms with Crippen molar-refractivity contribution in [2.75, 3.05) is 13.1 Å². The van der Waals surface area contributed by atoms with Crippen LogP contribution in [0.2, 0.25) is 5.02 Å². The molecule has 0 radical (unpaired) electrons. The van der Waals surface area contributed by atoms with E-state index in [2.05, 4.69) is 22.3 Å². The largest absolute Gasteiger partial charge is 0.311 e. The summed E-state index contributed by atoms with van der Waals surface area (Å²) in [4.78, 5) is 2.56. The molecule has 2 nitrogen and oxygen atoms in total. The van der Waals surface area contributed by atoms with Crippen LogP contribution in [-0.2, 0) is 6.54 Å². The van der Waals surface area contributed by atoms with Gasteiger partial charge in [-0.3, -0.25) is 4.90 Å². The number of halogens is 1. The Hall–Kier alpha value is -0.570. The monoisotopic (exact) mass is 222 g/mol. The van der Waals surface area contributed by atoms with Crippen LogP contribution in [0.25, 0.3) is 0 Å². The van der Waals surface area contributed by atoms with E-state index in [4.69, 9.17) is 11.6 Å². The molecule has 0 amide bonds. The molecule has 2 fully saturated rings. The zero-order valence-corrected chi connectivity index (χ0v) is 9.37. The van der Waals surface area contributed by atoms with Crippen molar-refractivity contribution in [1.29, 1.82) is 0 Å². The van der Waals surface area contributed by atoms with Gasteiger partial charge in [0, 0.05) is 36.7 Å². The molecule has 2 aliphatic heterocycles. The SMILES string of the molecule is Clc1cccc(CN2C[C@H]3C[C@H]2CN3)c1. The summed E-state index contributed by atoms with van der Waals surface area (Å²) in [7, 11) is 0. The first kappa shape index (κ1) is 9.64. The fourth-order valence-electron chi connectivity index (χ4n) is 2.71. The molecule has 0 aromatic heterocycles. The molecule has 15 heavy (non-hydrogen) atoms. The topological polar surface area (TPSA) is 15.3 Å². The highest BCUT2D eigenvalue weighted by Gasteiger charge is 2.37. The van der Waals surface area contributed by atoms with Gasteiger partial charge in [0.2, 0.25) is 0 Å². The third kappa shape index (κ3) is 1.89. The zero-order chi connectivity index (χ0) is 10.3. The molecule has 3 heteroatoms. The molecule has 2 bridgehead atoms. The maximum absolute atomic E-state index is 5.98. The van der Waals surface area contributed by atoms with Gasteiger partial charge in [-0.05, 0) is 24.1 Å². The van der Waals surface area contributed by atoms with Crippen LogP contribution in [-0.4, -0.2) is 30.1 Å². The van der Waals surface area contributed by atoms with Gasteiger partial charge < -0.3 is 5.32 Å². The molecule has 1 aromatic carbocycles. The fourth-order valence-corrected chi connectivity index (χ4v) is 2.92. The minimum atomic E-state index is 0.731. The lowest BCUT2D eigenvalue weighted by Gasteiger charge is -2.27. The van der Waals surface area contributed by atoms with Crippen molar-refractivity contribution in [3.05, 3.63) is 34.9 Å². The van der Waals surface area contributed by atoms with Crippen LogP contribution < -0.4 is 5.32 Å². The molecule has 80 valence electrons. The number of benzene rings is 1. The molecule has 0 aliphatic carbocycles. The van der Waals surface area contributed by atoms with E-state index in [1.54, 1.807) is 0 Å². The van der Waals surface area contributed by atoms with Crippen molar-refractivity contribution < 1.29 is 0 Å². The van der Waals surface area contributed by atoms with E-state index in [0.717, 1.165) is 30.2 Å². The second-order valence-corrected chi connectivity index (χ2v) is 4.99. The van der Waals surface area contributed by atoms with Crippen LogP contribution >= 0.6 is 11.6 Å². The number of likely N-dealkylation sites (tertiary alicyclic amines) is 1. The number of nitrogens with zero attached hydrogens (tertiary/aromatic N) is 1. The van der Waals surface area contributed by atoms with Crippen molar-refractivity contribution in [3.63, 3.8) is 0 Å². The third-order valence-corrected chi connectivity index (χ3v) is 3.68. The molecule has 0 spiro atoms. The molecule has 2 saturated heterocycles. The van der Waals surface area contributed by atoms with Crippen LogP contribution in [0.5, 0.6) is 0 Å². The summed E-state index contributed by atoms with van der Waals surface area (Å²) >= 11 is 5.98. The smallest absolute Gasteiger partial charge is 0.0409 e. The number of rotatable bonds is 2. The van der Waals surface area contributed by atoms with Gasteiger partial charge in [-0.25, -0.2) is 0 Å². The average molecular weight is 223 g/mol. The van der Waals surface area contributed by atoms with Gasteiger partial charge >= 0.3 is 0 Å². The summed E-state index contributed by atoms with van der Waals surface area (Å²) in [5.41, 5.74) is 1.33. The molecule has 1 aromatic rings. The van der Waals surface area contributed by atoms with E-state index >= 15 is 0 Å². The predicted molar refractivity (Wildman–Crippen MR) is 62.1 cm³/mol. The highest BCUT2D eigenvalue weighted by Crippen LogP contribution is 2.25. The van der Waals surface area contributed by atoms with Crippen molar-refractivity contribution in [2.24, 2.45) is 0 Å². The summed E-state index contributed by atoms with van der Waals surface area (Å²) in [6, 6.07) is 9.67. The van der Waals surface area contributed by atoms with Gasteiger partial charge in [-0.1, -0.05) is 23.7 Å². The molecule has 2 heterocycles. The summed E-state index contributed by atoms with van der Waals surface area (Å²) in [6.07, 6.45) is 1.32. The number of hydrogen-bond donors (Lipinski definition) is 1. The van der Waals surface area contributed by atoms with Crippen molar-refractivity contribution in [2.45, 2.75) is 25.0 Å². The Balaban J connectivity index is 1.71. The first-order valence-corrected chi connectivity index (χ1v) is 5.91. The number of nitrogens with one attached hydrogen (secondary N) is 1. The Morgan fingerprint density at radius 1 is 1.47 bits per heavy atom. The van der Waals surface area contributed by atoms with Gasteiger partial charge in [0.05, 0.1) is 0 Å². The molecule has 2 atom stereocenters. The normalized spacial score (nSPS) is 29.9. The Morgan fingerprint density at radius 3 is 3.07 bits per heavy atom. The first-order chi connectivity index (χ1) is 7.31. The number of fused-ring (bicyclic) bond motifs is 2. The van der Waals surface area contributed by atoms with Crippen LogP contribution in [0.3, 0.4) is 0 Å². The highest BCUT2D eigenvalue weighted by atomic mass is 35.5. The summed E-state index contributed by atoms with van der Waals surface area (Å²) in [5.74, 6) is 0. The second kappa shape index (κ2) is 3.78. The Labute approximate surface area is 95.2 Å². The fraction of sp³-hybridized carbons (Fsp3) is 0.500. The lowest BCUT2D eigenvalue weighted by atomic mass is 10.2. The first-order valence-electron chi connectivity index (χ1n) is 5.53. The highest BCUT2D eigenvalue weighted by molar-refractivity contribution is 6.30. The van der Waals surface area contributed by atoms with Crippen LogP contribution in [0.15, 0.2) is 24.3 Å². The van der Waals surface area contributed by atoms with Crippen LogP contribution in [0.4, 0.5) is 0 Å². The lowest BCUT2D eigenvalue weighted by molar-refractivity contribution is 0.218. The summed E-state index contributed by atoms with van der Waals surface area (Å²) in [6.45, 7) is 3.39. The van der Waals surface area contributed by atoms with Gasteiger partial charge in [0.25, 0.3) is 0 Å². The maximum Gasteiger partial charge on any atom is 0.0409 e. The maximum atomic E-state index is 5.98. The molecule has 1 N–H and O–H groups in total. The van der Waals surface area contributed by atoms with E-state index < -0.39 is 0 Å². The minimum Gasteiger partial charge on any atom is -0.311 e.